The highest BCUT2D eigenvalue weighted by Gasteiger charge is 2.10. The van der Waals surface area contributed by atoms with Crippen molar-refractivity contribution in [2.75, 3.05) is 0 Å². The van der Waals surface area contributed by atoms with Crippen LogP contribution in [0.25, 0.3) is 11.0 Å². The van der Waals surface area contributed by atoms with E-state index in [1.165, 1.54) is 30.2 Å². The number of aryl methyl sites for hydroxylation is 1. The van der Waals surface area contributed by atoms with E-state index in [0.29, 0.717) is 0 Å². The first-order valence-corrected chi connectivity index (χ1v) is 6.90. The first kappa shape index (κ1) is 13.1. The van der Waals surface area contributed by atoms with Crippen LogP contribution in [-0.2, 0) is 13.0 Å². The highest BCUT2D eigenvalue weighted by Crippen LogP contribution is 2.21. The lowest BCUT2D eigenvalue weighted by atomic mass is 10.1. The fourth-order valence-corrected chi connectivity index (χ4v) is 2.41. The van der Waals surface area contributed by atoms with Crippen molar-refractivity contribution < 1.29 is 0 Å². The number of fused-ring (bicyclic) bond motifs is 1. The zero-order valence-electron chi connectivity index (χ0n) is 11.4. The molecule has 2 aromatic heterocycles. The lowest BCUT2D eigenvalue weighted by molar-refractivity contribution is 0.611. The second-order valence-electron chi connectivity index (χ2n) is 5.11. The molecule has 3 nitrogen and oxygen atoms in total. The van der Waals surface area contributed by atoms with E-state index in [0.717, 1.165) is 18.6 Å². The van der Waals surface area contributed by atoms with Crippen LogP contribution in [0.5, 0.6) is 0 Å². The van der Waals surface area contributed by atoms with Crippen molar-refractivity contribution in [1.29, 1.82) is 0 Å². The highest BCUT2D eigenvalue weighted by atomic mass is 15.0. The minimum absolute atomic E-state index is 0.194. The van der Waals surface area contributed by atoms with E-state index >= 15 is 0 Å². The minimum Gasteiger partial charge on any atom is -0.332 e. The predicted molar refractivity (Wildman–Crippen MR) is 76.6 cm³/mol. The third kappa shape index (κ3) is 2.91. The molecular weight excluding hydrogens is 222 g/mol. The number of hydrogen-bond acceptors (Lipinski definition) is 2. The predicted octanol–water partition coefficient (Wildman–Crippen LogP) is 3.12. The number of pyridine rings is 1. The molecule has 18 heavy (non-hydrogen) atoms. The van der Waals surface area contributed by atoms with Crippen LogP contribution in [-0.4, -0.2) is 15.6 Å². The van der Waals surface area contributed by atoms with Crippen molar-refractivity contribution in [2.24, 2.45) is 5.73 Å². The summed E-state index contributed by atoms with van der Waals surface area (Å²) >= 11 is 0. The molecule has 2 rings (SSSR count). The summed E-state index contributed by atoms with van der Waals surface area (Å²) in [5, 5.41) is 1.26. The molecule has 0 saturated heterocycles. The quantitative estimate of drug-likeness (QED) is 0.795. The van der Waals surface area contributed by atoms with E-state index in [4.69, 9.17) is 5.73 Å². The molecule has 0 radical (unpaired) electrons. The van der Waals surface area contributed by atoms with E-state index in [2.05, 4.69) is 35.7 Å². The Morgan fingerprint density at radius 3 is 2.94 bits per heavy atom. The molecule has 1 unspecified atom stereocenters. The topological polar surface area (TPSA) is 43.8 Å². The summed E-state index contributed by atoms with van der Waals surface area (Å²) < 4.78 is 2.28. The van der Waals surface area contributed by atoms with Crippen LogP contribution < -0.4 is 5.73 Å². The fraction of sp³-hybridized carbons (Fsp3) is 0.533. The Balaban J connectivity index is 2.29. The lowest BCUT2D eigenvalue weighted by Gasteiger charge is -2.03. The molecule has 0 saturated carbocycles. The molecule has 2 heterocycles. The van der Waals surface area contributed by atoms with Gasteiger partial charge in [-0.05, 0) is 37.5 Å². The fourth-order valence-electron chi connectivity index (χ4n) is 2.41. The summed E-state index contributed by atoms with van der Waals surface area (Å²) in [4.78, 5) is 4.51. The number of nitrogens with two attached hydrogens (primary N) is 1. The van der Waals surface area contributed by atoms with Gasteiger partial charge < -0.3 is 10.3 Å². The molecule has 0 aliphatic carbocycles. The average molecular weight is 245 g/mol. The summed E-state index contributed by atoms with van der Waals surface area (Å²) in [5.41, 5.74) is 8.34. The van der Waals surface area contributed by atoms with E-state index < -0.39 is 0 Å². The van der Waals surface area contributed by atoms with Crippen molar-refractivity contribution in [2.45, 2.75) is 52.1 Å². The molecule has 98 valence electrons. The van der Waals surface area contributed by atoms with Crippen molar-refractivity contribution in [3.05, 3.63) is 30.1 Å². The molecular formula is C15H23N3. The van der Waals surface area contributed by atoms with Gasteiger partial charge >= 0.3 is 0 Å². The van der Waals surface area contributed by atoms with Gasteiger partial charge in [-0.15, -0.1) is 0 Å². The van der Waals surface area contributed by atoms with Gasteiger partial charge in [-0.3, -0.25) is 0 Å². The standard InChI is InChI=1S/C15H23N3/c1-3-4-5-9-18-11-13(10-12(2)16)14-7-6-8-17-15(14)18/h6-8,11-12H,3-5,9-10,16H2,1-2H3. The largest absolute Gasteiger partial charge is 0.332 e. The molecule has 0 amide bonds. The van der Waals surface area contributed by atoms with Gasteiger partial charge in [-0.2, -0.15) is 0 Å². The van der Waals surface area contributed by atoms with Crippen LogP contribution >= 0.6 is 0 Å². The molecule has 0 aliphatic heterocycles. The van der Waals surface area contributed by atoms with E-state index in [-0.39, 0.29) is 6.04 Å². The van der Waals surface area contributed by atoms with Gasteiger partial charge in [0.25, 0.3) is 0 Å². The van der Waals surface area contributed by atoms with Crippen LogP contribution in [0.15, 0.2) is 24.5 Å². The van der Waals surface area contributed by atoms with Gasteiger partial charge in [0.15, 0.2) is 0 Å². The smallest absolute Gasteiger partial charge is 0.140 e. The molecule has 0 bridgehead atoms. The van der Waals surface area contributed by atoms with Crippen molar-refractivity contribution >= 4 is 11.0 Å². The Kier molecular flexibility index (Phi) is 4.37. The summed E-state index contributed by atoms with van der Waals surface area (Å²) in [6.45, 7) is 5.34. The lowest BCUT2D eigenvalue weighted by Crippen LogP contribution is -2.17. The number of hydrogen-bond donors (Lipinski definition) is 1. The summed E-state index contributed by atoms with van der Waals surface area (Å²) in [7, 11) is 0. The number of unbranched alkanes of at least 4 members (excludes halogenated alkanes) is 2. The first-order chi connectivity index (χ1) is 8.72. The third-order valence-corrected chi connectivity index (χ3v) is 3.26. The second-order valence-corrected chi connectivity index (χ2v) is 5.11. The zero-order valence-corrected chi connectivity index (χ0v) is 11.4. The Morgan fingerprint density at radius 1 is 1.39 bits per heavy atom. The van der Waals surface area contributed by atoms with Crippen LogP contribution in [0.2, 0.25) is 0 Å². The molecule has 3 heteroatoms. The van der Waals surface area contributed by atoms with Gasteiger partial charge in [-0.25, -0.2) is 4.98 Å². The van der Waals surface area contributed by atoms with Crippen molar-refractivity contribution in [3.63, 3.8) is 0 Å². The van der Waals surface area contributed by atoms with E-state index in [1.54, 1.807) is 0 Å². The van der Waals surface area contributed by atoms with E-state index in [1.807, 2.05) is 12.3 Å². The van der Waals surface area contributed by atoms with Crippen molar-refractivity contribution in [1.82, 2.24) is 9.55 Å². The second kappa shape index (κ2) is 6.01. The molecule has 0 aliphatic rings. The zero-order chi connectivity index (χ0) is 13.0. The molecule has 1 atom stereocenters. The summed E-state index contributed by atoms with van der Waals surface area (Å²) in [6.07, 6.45) is 8.76. The van der Waals surface area contributed by atoms with Gasteiger partial charge in [-0.1, -0.05) is 19.8 Å². The molecule has 0 fully saturated rings. The van der Waals surface area contributed by atoms with Gasteiger partial charge in [0.2, 0.25) is 0 Å². The van der Waals surface area contributed by atoms with Crippen molar-refractivity contribution in [3.8, 4) is 0 Å². The number of aromatic nitrogens is 2. The van der Waals surface area contributed by atoms with Gasteiger partial charge in [0.1, 0.15) is 5.65 Å². The SMILES string of the molecule is CCCCCn1cc(CC(C)N)c2cccnc21. The number of nitrogens with zero attached hydrogens (tertiary/aromatic N) is 2. The molecule has 2 aromatic rings. The Labute approximate surface area is 109 Å². The Hall–Kier alpha value is -1.35. The monoisotopic (exact) mass is 245 g/mol. The molecule has 2 N–H and O–H groups in total. The van der Waals surface area contributed by atoms with Crippen LogP contribution in [0, 0.1) is 0 Å². The summed E-state index contributed by atoms with van der Waals surface area (Å²) in [5.74, 6) is 0. The normalized spacial score (nSPS) is 13.1. The van der Waals surface area contributed by atoms with Gasteiger partial charge in [0.05, 0.1) is 0 Å². The Morgan fingerprint density at radius 2 is 2.22 bits per heavy atom. The maximum absolute atomic E-state index is 5.92. The Bertz CT molecular complexity index is 499. The van der Waals surface area contributed by atoms with Gasteiger partial charge in [0, 0.05) is 30.4 Å². The third-order valence-electron chi connectivity index (χ3n) is 3.26. The molecule has 0 spiro atoms. The number of rotatable bonds is 6. The van der Waals surface area contributed by atoms with E-state index in [9.17, 15) is 0 Å². The average Bonchev–Trinajstić information content (AvgIpc) is 2.68. The maximum atomic E-state index is 5.92. The minimum atomic E-state index is 0.194. The van der Waals surface area contributed by atoms with Crippen LogP contribution in [0.4, 0.5) is 0 Å². The first-order valence-electron chi connectivity index (χ1n) is 6.90. The summed E-state index contributed by atoms with van der Waals surface area (Å²) in [6, 6.07) is 4.35. The van der Waals surface area contributed by atoms with Crippen LogP contribution in [0.1, 0.15) is 38.7 Å². The maximum Gasteiger partial charge on any atom is 0.140 e. The van der Waals surface area contributed by atoms with Crippen LogP contribution in [0.3, 0.4) is 0 Å². The molecule has 0 aromatic carbocycles. The highest BCUT2D eigenvalue weighted by molar-refractivity contribution is 5.80.